The van der Waals surface area contributed by atoms with Crippen LogP contribution < -0.4 is 4.90 Å². The molecule has 1 saturated heterocycles. The van der Waals surface area contributed by atoms with Gasteiger partial charge in [0.2, 0.25) is 0 Å². The maximum absolute atomic E-state index is 13.0. The molecule has 2 aromatic carbocycles. The number of pyridine rings is 1. The van der Waals surface area contributed by atoms with Crippen LogP contribution in [0.2, 0.25) is 0 Å². The summed E-state index contributed by atoms with van der Waals surface area (Å²) in [7, 11) is 1.92. The second-order valence-corrected chi connectivity index (χ2v) is 8.34. The van der Waals surface area contributed by atoms with E-state index in [2.05, 4.69) is 39.2 Å². The largest absolute Gasteiger partial charge is 0.372 e. The van der Waals surface area contributed by atoms with Crippen LogP contribution in [-0.4, -0.2) is 33.6 Å². The summed E-state index contributed by atoms with van der Waals surface area (Å²) in [4.78, 5) is 19.9. The molecule has 5 rings (SSSR count). The number of carbonyl (C=O) groups is 1. The van der Waals surface area contributed by atoms with Gasteiger partial charge in [-0.05, 0) is 54.5 Å². The van der Waals surface area contributed by atoms with Gasteiger partial charge in [-0.15, -0.1) is 0 Å². The lowest BCUT2D eigenvalue weighted by molar-refractivity contribution is 0.0992. The van der Waals surface area contributed by atoms with Crippen LogP contribution in [0.1, 0.15) is 35.3 Å². The molecule has 156 valence electrons. The van der Waals surface area contributed by atoms with E-state index < -0.39 is 0 Å². The van der Waals surface area contributed by atoms with E-state index in [0.717, 1.165) is 51.9 Å². The number of piperidine rings is 1. The lowest BCUT2D eigenvalue weighted by atomic mass is 10.0. The zero-order valence-corrected chi connectivity index (χ0v) is 17.8. The van der Waals surface area contributed by atoms with Crippen LogP contribution in [0.15, 0.2) is 67.1 Å². The molecule has 3 heterocycles. The summed E-state index contributed by atoms with van der Waals surface area (Å²) in [5, 5.41) is 6.41. The molecule has 5 heteroatoms. The molecule has 5 nitrogen and oxygen atoms in total. The van der Waals surface area contributed by atoms with Crippen molar-refractivity contribution in [3.05, 3.63) is 78.4 Å². The molecule has 0 aliphatic carbocycles. The summed E-state index contributed by atoms with van der Waals surface area (Å²) in [6, 6.07) is 16.4. The molecule has 1 aliphatic heterocycles. The van der Waals surface area contributed by atoms with Crippen molar-refractivity contribution in [2.45, 2.75) is 25.7 Å². The average Bonchev–Trinajstić information content (AvgIpc) is 3.25. The van der Waals surface area contributed by atoms with Gasteiger partial charge in [-0.2, -0.15) is 5.10 Å². The standard InChI is InChI=1S/C26H26N4O/c1-29-18-23(17-28-29)19-8-9-21-16-27-24(13-22(21)12-19)15-26(31)20-6-5-7-25(14-20)30-10-3-2-4-11-30/h5-9,12-14,16-18H,2-4,10-11,15H2,1H3. The van der Waals surface area contributed by atoms with Gasteiger partial charge in [0.05, 0.1) is 12.6 Å². The third kappa shape index (κ3) is 4.22. The fourth-order valence-electron chi connectivity index (χ4n) is 4.33. The Morgan fingerprint density at radius 3 is 2.61 bits per heavy atom. The van der Waals surface area contributed by atoms with Crippen molar-refractivity contribution >= 4 is 22.2 Å². The molecule has 2 aromatic heterocycles. The number of hydrogen-bond donors (Lipinski definition) is 0. The highest BCUT2D eigenvalue weighted by molar-refractivity contribution is 5.98. The summed E-state index contributed by atoms with van der Waals surface area (Å²) in [6.45, 7) is 2.15. The number of hydrogen-bond acceptors (Lipinski definition) is 4. The number of aryl methyl sites for hydroxylation is 1. The van der Waals surface area contributed by atoms with Gasteiger partial charge in [-0.1, -0.05) is 24.3 Å². The van der Waals surface area contributed by atoms with Gasteiger partial charge >= 0.3 is 0 Å². The zero-order valence-electron chi connectivity index (χ0n) is 17.8. The van der Waals surface area contributed by atoms with Gasteiger partial charge in [0.15, 0.2) is 5.78 Å². The van der Waals surface area contributed by atoms with E-state index in [0.29, 0.717) is 6.42 Å². The van der Waals surface area contributed by atoms with Gasteiger partial charge in [0.1, 0.15) is 0 Å². The lowest BCUT2D eigenvalue weighted by Gasteiger charge is -2.29. The minimum Gasteiger partial charge on any atom is -0.372 e. The molecule has 0 saturated carbocycles. The highest BCUT2D eigenvalue weighted by Gasteiger charge is 2.14. The smallest absolute Gasteiger partial charge is 0.168 e. The van der Waals surface area contributed by atoms with Gasteiger partial charge in [-0.3, -0.25) is 14.5 Å². The van der Waals surface area contributed by atoms with Gasteiger partial charge in [0, 0.05) is 60.4 Å². The summed E-state index contributed by atoms with van der Waals surface area (Å²) >= 11 is 0. The van der Waals surface area contributed by atoms with Gasteiger partial charge < -0.3 is 4.90 Å². The molecule has 1 aliphatic rings. The number of aromatic nitrogens is 3. The Labute approximate surface area is 182 Å². The summed E-state index contributed by atoms with van der Waals surface area (Å²) < 4.78 is 1.80. The van der Waals surface area contributed by atoms with Crippen molar-refractivity contribution in [2.75, 3.05) is 18.0 Å². The normalized spacial score (nSPS) is 14.2. The first-order valence-electron chi connectivity index (χ1n) is 10.9. The van der Waals surface area contributed by atoms with Crippen molar-refractivity contribution in [3.8, 4) is 11.1 Å². The molecule has 0 spiro atoms. The molecule has 0 unspecified atom stereocenters. The second-order valence-electron chi connectivity index (χ2n) is 8.34. The van der Waals surface area contributed by atoms with Crippen LogP contribution in [-0.2, 0) is 13.5 Å². The SMILES string of the molecule is Cn1cc(-c2ccc3cnc(CC(=O)c4cccc(N5CCCCC5)c4)cc3c2)cn1. The van der Waals surface area contributed by atoms with Crippen LogP contribution >= 0.6 is 0 Å². The molecule has 0 atom stereocenters. The second kappa shape index (κ2) is 8.34. The van der Waals surface area contributed by atoms with Gasteiger partial charge in [-0.25, -0.2) is 0 Å². The van der Waals surface area contributed by atoms with Crippen LogP contribution in [0, 0.1) is 0 Å². The molecule has 0 amide bonds. The van der Waals surface area contributed by atoms with Crippen molar-refractivity contribution in [1.29, 1.82) is 0 Å². The summed E-state index contributed by atoms with van der Waals surface area (Å²) in [6.07, 6.45) is 9.77. The van der Waals surface area contributed by atoms with E-state index in [9.17, 15) is 4.79 Å². The number of Topliss-reactive ketones (excluding diaryl/α,β-unsaturated/α-hetero) is 1. The monoisotopic (exact) mass is 410 g/mol. The Bertz CT molecular complexity index is 1240. The van der Waals surface area contributed by atoms with E-state index in [4.69, 9.17) is 0 Å². The van der Waals surface area contributed by atoms with Gasteiger partial charge in [0.25, 0.3) is 0 Å². The van der Waals surface area contributed by atoms with Crippen LogP contribution in [0.25, 0.3) is 21.9 Å². The molecule has 1 fully saturated rings. The number of benzene rings is 2. The maximum atomic E-state index is 13.0. The molecule has 0 bridgehead atoms. The summed E-state index contributed by atoms with van der Waals surface area (Å²) in [5.41, 5.74) is 4.89. The van der Waals surface area contributed by atoms with E-state index in [1.54, 1.807) is 4.68 Å². The fraction of sp³-hybridized carbons (Fsp3) is 0.269. The number of fused-ring (bicyclic) bond motifs is 1. The van der Waals surface area contributed by atoms with Crippen molar-refractivity contribution in [3.63, 3.8) is 0 Å². The van der Waals surface area contributed by atoms with Crippen molar-refractivity contribution in [2.24, 2.45) is 7.05 Å². The topological polar surface area (TPSA) is 51.0 Å². The Balaban J connectivity index is 1.37. The molecule has 31 heavy (non-hydrogen) atoms. The Hall–Kier alpha value is -3.47. The minimum atomic E-state index is 0.106. The molecular weight excluding hydrogens is 384 g/mol. The molecule has 0 N–H and O–H groups in total. The zero-order chi connectivity index (χ0) is 21.2. The first-order chi connectivity index (χ1) is 15.2. The quantitative estimate of drug-likeness (QED) is 0.432. The fourth-order valence-corrected chi connectivity index (χ4v) is 4.33. The Morgan fingerprint density at radius 2 is 1.81 bits per heavy atom. The number of ketones is 1. The maximum Gasteiger partial charge on any atom is 0.168 e. The van der Waals surface area contributed by atoms with Crippen LogP contribution in [0.5, 0.6) is 0 Å². The number of anilines is 1. The highest BCUT2D eigenvalue weighted by atomic mass is 16.1. The first kappa shape index (κ1) is 19.5. The predicted octanol–water partition coefficient (Wildman–Crippen LogP) is 5.05. The lowest BCUT2D eigenvalue weighted by Crippen LogP contribution is -2.29. The van der Waals surface area contributed by atoms with Crippen LogP contribution in [0.3, 0.4) is 0 Å². The summed E-state index contributed by atoms with van der Waals surface area (Å²) in [5.74, 6) is 0.106. The highest BCUT2D eigenvalue weighted by Crippen LogP contribution is 2.25. The van der Waals surface area contributed by atoms with Crippen molar-refractivity contribution in [1.82, 2.24) is 14.8 Å². The van der Waals surface area contributed by atoms with E-state index in [-0.39, 0.29) is 5.78 Å². The third-order valence-corrected chi connectivity index (χ3v) is 6.05. The van der Waals surface area contributed by atoms with Crippen LogP contribution in [0.4, 0.5) is 5.69 Å². The average molecular weight is 411 g/mol. The molecule has 4 aromatic rings. The molecule has 0 radical (unpaired) electrons. The Kier molecular flexibility index (Phi) is 5.24. The predicted molar refractivity (Wildman–Crippen MR) is 124 cm³/mol. The Morgan fingerprint density at radius 1 is 0.935 bits per heavy atom. The van der Waals surface area contributed by atoms with E-state index in [1.807, 2.05) is 49.9 Å². The number of rotatable bonds is 5. The molecular formula is C26H26N4O. The first-order valence-corrected chi connectivity index (χ1v) is 10.9. The number of carbonyl (C=O) groups excluding carboxylic acids is 1. The van der Waals surface area contributed by atoms with E-state index >= 15 is 0 Å². The number of nitrogens with zero attached hydrogens (tertiary/aromatic N) is 4. The van der Waals surface area contributed by atoms with Crippen molar-refractivity contribution < 1.29 is 4.79 Å². The van der Waals surface area contributed by atoms with E-state index in [1.165, 1.54) is 19.3 Å². The minimum absolute atomic E-state index is 0.106. The third-order valence-electron chi connectivity index (χ3n) is 6.05.